The topological polar surface area (TPSA) is 124 Å². The first-order valence-corrected chi connectivity index (χ1v) is 14.4. The van der Waals surface area contributed by atoms with Gasteiger partial charge in [0.2, 0.25) is 5.91 Å². The van der Waals surface area contributed by atoms with Gasteiger partial charge >= 0.3 is 5.97 Å². The van der Waals surface area contributed by atoms with Gasteiger partial charge in [-0.3, -0.25) is 9.59 Å². The molecule has 5 heterocycles. The van der Waals surface area contributed by atoms with Crippen LogP contribution in [0.4, 0.5) is 0 Å². The molecule has 0 saturated heterocycles. The molecule has 8 heteroatoms. The predicted octanol–water partition coefficient (Wildman–Crippen LogP) is 7.17. The molecule has 2 aliphatic rings. The first-order valence-electron chi connectivity index (χ1n) is 14.4. The summed E-state index contributed by atoms with van der Waals surface area (Å²) in [4.78, 5) is 40.9. The maximum Gasteiger partial charge on any atom is 0.303 e. The average molecular weight is 576 g/mol. The van der Waals surface area contributed by atoms with Crippen molar-refractivity contribution in [1.82, 2.24) is 25.3 Å². The van der Waals surface area contributed by atoms with Gasteiger partial charge in [0, 0.05) is 53.1 Å². The first kappa shape index (κ1) is 29.5. The molecule has 0 radical (unpaired) electrons. The minimum absolute atomic E-state index is 0.000399. The number of rotatable bonds is 8. The minimum atomic E-state index is -0.859. The number of allylic oxidation sites excluding steroid dienone is 5. The summed E-state index contributed by atoms with van der Waals surface area (Å²) in [5, 5.41) is 12.2. The zero-order chi connectivity index (χ0) is 31.0. The number of hydrogen-bond acceptors (Lipinski definition) is 4. The molecular weight excluding hydrogens is 538 g/mol. The van der Waals surface area contributed by atoms with Crippen LogP contribution in [0.25, 0.3) is 50.4 Å². The lowest BCUT2D eigenvalue weighted by Crippen LogP contribution is -2.17. The summed E-state index contributed by atoms with van der Waals surface area (Å²) in [6, 6.07) is 8.06. The number of nitrogens with one attached hydrogen (secondary N) is 3. The minimum Gasteiger partial charge on any atom is -0.481 e. The lowest BCUT2D eigenvalue weighted by molar-refractivity contribution is -0.137. The Kier molecular flexibility index (Phi) is 8.04. The molecule has 43 heavy (non-hydrogen) atoms. The monoisotopic (exact) mass is 575 g/mol. The fraction of sp³-hybridized carbons (Fsp3) is 0.257. The number of nitrogens with zero attached hydrogens (tertiary/aromatic N) is 2. The molecule has 0 saturated carbocycles. The molecule has 8 bridgehead atoms. The summed E-state index contributed by atoms with van der Waals surface area (Å²) in [6.07, 6.45) is 4.88. The second-order valence-corrected chi connectivity index (χ2v) is 11.0. The lowest BCUT2D eigenvalue weighted by atomic mass is 10.00. The summed E-state index contributed by atoms with van der Waals surface area (Å²) >= 11 is 0. The number of H-pyrrole nitrogens is 2. The van der Waals surface area contributed by atoms with Gasteiger partial charge in [-0.2, -0.15) is 0 Å². The van der Waals surface area contributed by atoms with E-state index < -0.39 is 5.97 Å². The molecule has 2 aliphatic heterocycles. The van der Waals surface area contributed by atoms with Crippen LogP contribution in [-0.2, 0) is 16.0 Å². The van der Waals surface area contributed by atoms with Crippen LogP contribution >= 0.6 is 0 Å². The van der Waals surface area contributed by atoms with Crippen molar-refractivity contribution in [1.29, 1.82) is 0 Å². The third kappa shape index (κ3) is 5.48. The van der Waals surface area contributed by atoms with Gasteiger partial charge in [-0.1, -0.05) is 25.3 Å². The number of fused-ring (bicyclic) bond motifs is 8. The molecule has 8 nitrogen and oxygen atoms in total. The average Bonchev–Trinajstić information content (AvgIpc) is 3.63. The largest absolute Gasteiger partial charge is 0.481 e. The highest BCUT2D eigenvalue weighted by atomic mass is 16.4. The fourth-order valence-electron chi connectivity index (χ4n) is 5.90. The Morgan fingerprint density at radius 2 is 1.40 bits per heavy atom. The number of carboxylic acid groups (broad SMARTS) is 1. The molecule has 0 unspecified atom stereocenters. The number of carbonyl (C=O) groups is 2. The maximum atomic E-state index is 12.2. The SMILES string of the molecule is C=CC1=C(C)c2cc3[nH]c(cc4nc(cc5[nH]c(cc1n2)c(C)c5CCC(=O)O)C(CCC(=O)NC)=C4C)c(C)c3C=C. The third-order valence-corrected chi connectivity index (χ3v) is 8.51. The molecule has 220 valence electrons. The van der Waals surface area contributed by atoms with Crippen LogP contribution < -0.4 is 5.32 Å². The van der Waals surface area contributed by atoms with Gasteiger partial charge in [-0.05, 0) is 98.2 Å². The highest BCUT2D eigenvalue weighted by molar-refractivity contribution is 5.98. The standard InChI is InChI=1S/C35H37N5O3/c1-8-22-18(3)26-14-27-20(5)24(10-12-34(41)36-7)32(39-27)17-33-25(11-13-35(42)43)21(6)29(40-33)16-31-23(9-2)19(4)28(38-31)15-30(22)37-26/h8-9,14-17,37,40H,1-2,10-13H2,3-7H3,(H,36,41)(H,42,43). The van der Waals surface area contributed by atoms with Gasteiger partial charge < -0.3 is 20.4 Å². The maximum absolute atomic E-state index is 12.2. The number of carbonyl (C=O) groups excluding carboxylic acids is 1. The molecule has 0 spiro atoms. The number of aliphatic carboxylic acids is 1. The normalized spacial score (nSPS) is 13.0. The van der Waals surface area contributed by atoms with Gasteiger partial charge in [0.15, 0.2) is 0 Å². The zero-order valence-corrected chi connectivity index (χ0v) is 25.4. The van der Waals surface area contributed by atoms with Gasteiger partial charge in [0.25, 0.3) is 0 Å². The van der Waals surface area contributed by atoms with E-state index in [0.29, 0.717) is 19.3 Å². The number of carboxylic acids is 1. The van der Waals surface area contributed by atoms with Crippen molar-refractivity contribution in [2.24, 2.45) is 0 Å². The number of amides is 1. The molecule has 0 aliphatic carbocycles. The number of aromatic nitrogens is 4. The van der Waals surface area contributed by atoms with Crippen molar-refractivity contribution in [3.05, 3.63) is 88.5 Å². The number of aryl methyl sites for hydroxylation is 3. The molecule has 0 aromatic carbocycles. The zero-order valence-electron chi connectivity index (χ0n) is 25.4. The van der Waals surface area contributed by atoms with Crippen LogP contribution in [0.2, 0.25) is 0 Å². The van der Waals surface area contributed by atoms with Gasteiger partial charge in [-0.15, -0.1) is 0 Å². The van der Waals surface area contributed by atoms with Crippen LogP contribution in [0.3, 0.4) is 0 Å². The Bertz CT molecular complexity index is 1930. The van der Waals surface area contributed by atoms with E-state index in [-0.39, 0.29) is 12.3 Å². The Labute approximate surface area is 251 Å². The van der Waals surface area contributed by atoms with Gasteiger partial charge in [-0.25, -0.2) is 9.97 Å². The quantitative estimate of drug-likeness (QED) is 0.227. The molecule has 4 N–H and O–H groups in total. The number of aromatic amines is 2. The van der Waals surface area contributed by atoms with Crippen molar-refractivity contribution in [3.63, 3.8) is 0 Å². The van der Waals surface area contributed by atoms with Crippen LogP contribution in [0, 0.1) is 13.8 Å². The van der Waals surface area contributed by atoms with Crippen LogP contribution in [0.15, 0.2) is 43.5 Å². The second kappa shape index (κ2) is 11.7. The molecule has 0 fully saturated rings. The summed E-state index contributed by atoms with van der Waals surface area (Å²) in [5.41, 5.74) is 14.4. The van der Waals surface area contributed by atoms with Crippen LogP contribution in [0.1, 0.15) is 78.1 Å². The van der Waals surface area contributed by atoms with Crippen LogP contribution in [-0.4, -0.2) is 44.0 Å². The van der Waals surface area contributed by atoms with E-state index in [0.717, 1.165) is 89.4 Å². The van der Waals surface area contributed by atoms with Crippen molar-refractivity contribution in [2.75, 3.05) is 7.05 Å². The van der Waals surface area contributed by atoms with Crippen molar-refractivity contribution < 1.29 is 14.7 Å². The van der Waals surface area contributed by atoms with E-state index in [4.69, 9.17) is 9.97 Å². The summed E-state index contributed by atoms with van der Waals surface area (Å²) < 4.78 is 0. The number of hydrogen-bond donors (Lipinski definition) is 4. The van der Waals surface area contributed by atoms with Crippen molar-refractivity contribution >= 4 is 62.3 Å². The Hall–Kier alpha value is -4.98. The summed E-state index contributed by atoms with van der Waals surface area (Å²) in [7, 11) is 1.63. The summed E-state index contributed by atoms with van der Waals surface area (Å²) in [6.45, 7) is 16.2. The highest BCUT2D eigenvalue weighted by Gasteiger charge is 2.20. The third-order valence-electron chi connectivity index (χ3n) is 8.51. The lowest BCUT2D eigenvalue weighted by Gasteiger charge is -2.04. The highest BCUT2D eigenvalue weighted by Crippen LogP contribution is 2.36. The Balaban J connectivity index is 1.92. The Morgan fingerprint density at radius 1 is 0.791 bits per heavy atom. The van der Waals surface area contributed by atoms with Gasteiger partial charge in [0.1, 0.15) is 0 Å². The van der Waals surface area contributed by atoms with E-state index in [1.807, 2.05) is 57.2 Å². The molecular formula is C35H37N5O3. The van der Waals surface area contributed by atoms with E-state index in [9.17, 15) is 14.7 Å². The van der Waals surface area contributed by atoms with Gasteiger partial charge in [0.05, 0.1) is 22.8 Å². The van der Waals surface area contributed by atoms with E-state index in [2.05, 4.69) is 35.4 Å². The van der Waals surface area contributed by atoms with E-state index >= 15 is 0 Å². The molecule has 5 rings (SSSR count). The predicted molar refractivity (Wildman–Crippen MR) is 175 cm³/mol. The first-order chi connectivity index (χ1) is 20.6. The fourth-order valence-corrected chi connectivity index (χ4v) is 5.90. The Morgan fingerprint density at radius 3 is 2.07 bits per heavy atom. The smallest absolute Gasteiger partial charge is 0.303 e. The molecule has 3 aromatic heterocycles. The van der Waals surface area contributed by atoms with Crippen LogP contribution in [0.5, 0.6) is 0 Å². The molecule has 0 atom stereocenters. The van der Waals surface area contributed by atoms with E-state index in [1.54, 1.807) is 7.05 Å². The summed E-state index contributed by atoms with van der Waals surface area (Å²) in [5.74, 6) is -0.904. The van der Waals surface area contributed by atoms with Crippen molar-refractivity contribution in [3.8, 4) is 0 Å². The van der Waals surface area contributed by atoms with Crippen molar-refractivity contribution in [2.45, 2.75) is 53.4 Å². The molecule has 3 aromatic rings. The second-order valence-electron chi connectivity index (χ2n) is 11.0. The molecule has 1 amide bonds. The van der Waals surface area contributed by atoms with E-state index in [1.165, 1.54) is 0 Å².